The second kappa shape index (κ2) is 7.33. The fourth-order valence-corrected chi connectivity index (χ4v) is 7.21. The molecule has 1 nitrogen and oxygen atoms in total. The van der Waals surface area contributed by atoms with Gasteiger partial charge in [-0.05, 0) is 63.1 Å². The highest BCUT2D eigenvalue weighted by Crippen LogP contribution is 2.53. The first-order chi connectivity index (χ1) is 15.9. The van der Waals surface area contributed by atoms with Crippen LogP contribution in [0.1, 0.15) is 56.2 Å². The summed E-state index contributed by atoms with van der Waals surface area (Å²) in [5.41, 5.74) is 7.05. The van der Waals surface area contributed by atoms with Crippen molar-refractivity contribution in [3.05, 3.63) is 77.5 Å². The van der Waals surface area contributed by atoms with E-state index in [9.17, 15) is 0 Å². The molecule has 0 aliphatic carbocycles. The molecule has 0 saturated heterocycles. The van der Waals surface area contributed by atoms with Gasteiger partial charge in [0.15, 0.2) is 6.20 Å². The molecule has 1 aliphatic heterocycles. The SMILES string of the molecule is Cc1c2c(c(C(C)C)c3ccccc13)Sc1cc3ccc(C(C)C)cc3c3cc[n+](C)c-2c13. The first-order valence-electron chi connectivity index (χ1n) is 12.0. The number of aromatic nitrogens is 1. The van der Waals surface area contributed by atoms with Gasteiger partial charge in [0.1, 0.15) is 7.05 Å². The molecule has 0 unspecified atom stereocenters. The molecule has 0 radical (unpaired) electrons. The second-order valence-electron chi connectivity index (χ2n) is 10.1. The van der Waals surface area contributed by atoms with E-state index in [0.29, 0.717) is 11.8 Å². The number of aryl methyl sites for hydroxylation is 2. The Bertz CT molecular complexity index is 1610. The van der Waals surface area contributed by atoms with Gasteiger partial charge in [0.05, 0.1) is 10.9 Å². The van der Waals surface area contributed by atoms with Crippen molar-refractivity contribution in [3.8, 4) is 11.3 Å². The van der Waals surface area contributed by atoms with Crippen LogP contribution in [0.2, 0.25) is 0 Å². The van der Waals surface area contributed by atoms with Gasteiger partial charge in [-0.3, -0.25) is 0 Å². The van der Waals surface area contributed by atoms with Crippen LogP contribution in [0.4, 0.5) is 0 Å². The van der Waals surface area contributed by atoms with Crippen molar-refractivity contribution in [2.75, 3.05) is 0 Å². The monoisotopic (exact) mass is 448 g/mol. The van der Waals surface area contributed by atoms with Crippen molar-refractivity contribution in [3.63, 3.8) is 0 Å². The zero-order chi connectivity index (χ0) is 23.0. The molecule has 5 aromatic rings. The number of rotatable bonds is 2. The molecule has 1 aromatic heterocycles. The van der Waals surface area contributed by atoms with E-state index >= 15 is 0 Å². The molecule has 0 bridgehead atoms. The zero-order valence-corrected chi connectivity index (χ0v) is 21.1. The molecule has 0 fully saturated rings. The second-order valence-corrected chi connectivity index (χ2v) is 11.2. The quantitative estimate of drug-likeness (QED) is 0.189. The molecule has 0 atom stereocenters. The van der Waals surface area contributed by atoms with E-state index in [1.807, 2.05) is 11.8 Å². The van der Waals surface area contributed by atoms with Gasteiger partial charge in [-0.15, -0.1) is 0 Å². The lowest BCUT2D eigenvalue weighted by atomic mass is 9.87. The summed E-state index contributed by atoms with van der Waals surface area (Å²) < 4.78 is 2.34. The maximum Gasteiger partial charge on any atom is 0.222 e. The Hall–Kier alpha value is -2.84. The summed E-state index contributed by atoms with van der Waals surface area (Å²) in [7, 11) is 2.21. The van der Waals surface area contributed by atoms with E-state index in [2.05, 4.69) is 107 Å². The predicted molar refractivity (Wildman–Crippen MR) is 143 cm³/mol. The van der Waals surface area contributed by atoms with E-state index < -0.39 is 0 Å². The number of hydrogen-bond acceptors (Lipinski definition) is 1. The molecule has 0 N–H and O–H groups in total. The van der Waals surface area contributed by atoms with E-state index in [1.165, 1.54) is 70.1 Å². The lowest BCUT2D eigenvalue weighted by molar-refractivity contribution is -0.659. The molecule has 6 rings (SSSR count). The minimum atomic E-state index is 0.455. The highest BCUT2D eigenvalue weighted by molar-refractivity contribution is 8.00. The minimum Gasteiger partial charge on any atom is -0.200 e. The smallest absolute Gasteiger partial charge is 0.200 e. The first kappa shape index (κ1) is 20.7. The van der Waals surface area contributed by atoms with E-state index in [0.717, 1.165) is 0 Å². The fourth-order valence-electron chi connectivity index (χ4n) is 5.69. The van der Waals surface area contributed by atoms with Gasteiger partial charge in [0.2, 0.25) is 5.69 Å². The molecule has 0 spiro atoms. The van der Waals surface area contributed by atoms with Gasteiger partial charge in [0.25, 0.3) is 0 Å². The Labute approximate surface area is 200 Å². The van der Waals surface area contributed by atoms with E-state index in [-0.39, 0.29) is 0 Å². The van der Waals surface area contributed by atoms with Gasteiger partial charge < -0.3 is 0 Å². The molecule has 164 valence electrons. The molecule has 4 aromatic carbocycles. The molecular weight excluding hydrogens is 418 g/mol. The van der Waals surface area contributed by atoms with Gasteiger partial charge in [0, 0.05) is 21.2 Å². The molecule has 2 heterocycles. The fraction of sp³-hybridized carbons (Fsp3) is 0.258. The van der Waals surface area contributed by atoms with Crippen LogP contribution >= 0.6 is 11.8 Å². The number of hydrogen-bond donors (Lipinski definition) is 0. The predicted octanol–water partition coefficient (Wildman–Crippen LogP) is 8.66. The van der Waals surface area contributed by atoms with Crippen molar-refractivity contribution < 1.29 is 4.57 Å². The number of fused-ring (bicyclic) bond motifs is 5. The van der Waals surface area contributed by atoms with Crippen molar-refractivity contribution in [2.24, 2.45) is 7.05 Å². The molecular formula is C31H30NS+. The first-order valence-corrected chi connectivity index (χ1v) is 12.8. The van der Waals surface area contributed by atoms with E-state index in [1.54, 1.807) is 0 Å². The largest absolute Gasteiger partial charge is 0.222 e. The Morgan fingerprint density at radius 3 is 2.27 bits per heavy atom. The third-order valence-corrected chi connectivity index (χ3v) is 8.55. The van der Waals surface area contributed by atoms with Crippen LogP contribution < -0.4 is 4.57 Å². The lowest BCUT2D eigenvalue weighted by Gasteiger charge is -2.26. The summed E-state index contributed by atoms with van der Waals surface area (Å²) >= 11 is 1.98. The van der Waals surface area contributed by atoms with Crippen LogP contribution in [0.25, 0.3) is 43.6 Å². The summed E-state index contributed by atoms with van der Waals surface area (Å²) in [5, 5.41) is 8.25. The summed E-state index contributed by atoms with van der Waals surface area (Å²) in [6.07, 6.45) is 2.26. The summed E-state index contributed by atoms with van der Waals surface area (Å²) in [6.45, 7) is 11.5. The Kier molecular flexibility index (Phi) is 4.61. The Morgan fingerprint density at radius 1 is 0.788 bits per heavy atom. The number of pyridine rings is 1. The van der Waals surface area contributed by atoms with Gasteiger partial charge in [-0.1, -0.05) is 81.9 Å². The highest BCUT2D eigenvalue weighted by Gasteiger charge is 2.32. The summed E-state index contributed by atoms with van der Waals surface area (Å²) in [4.78, 5) is 2.82. The van der Waals surface area contributed by atoms with Crippen LogP contribution in [0, 0.1) is 6.92 Å². The topological polar surface area (TPSA) is 3.88 Å². The van der Waals surface area contributed by atoms with Crippen LogP contribution in [0.5, 0.6) is 0 Å². The van der Waals surface area contributed by atoms with Crippen LogP contribution in [0.3, 0.4) is 0 Å². The van der Waals surface area contributed by atoms with Gasteiger partial charge in [-0.2, -0.15) is 0 Å². The molecule has 0 amide bonds. The molecule has 33 heavy (non-hydrogen) atoms. The summed E-state index contributed by atoms with van der Waals surface area (Å²) in [6, 6.07) is 20.7. The highest BCUT2D eigenvalue weighted by atomic mass is 32.2. The normalized spacial score (nSPS) is 13.0. The van der Waals surface area contributed by atoms with Crippen molar-refractivity contribution in [1.82, 2.24) is 0 Å². The average Bonchev–Trinajstić information content (AvgIpc) is 2.80. The third kappa shape index (κ3) is 2.90. The summed E-state index contributed by atoms with van der Waals surface area (Å²) in [5.74, 6) is 0.977. The van der Waals surface area contributed by atoms with Crippen molar-refractivity contribution in [2.45, 2.75) is 56.2 Å². The van der Waals surface area contributed by atoms with Crippen molar-refractivity contribution in [1.29, 1.82) is 0 Å². The number of benzene rings is 4. The molecule has 1 aliphatic rings. The van der Waals surface area contributed by atoms with Gasteiger partial charge >= 0.3 is 0 Å². The van der Waals surface area contributed by atoms with E-state index in [4.69, 9.17) is 0 Å². The standard InChI is InChI=1S/C31H30NS/c1-17(2)20-11-12-21-16-26-29-24(25(21)15-20)13-14-32(6)30(29)28-19(5)22-9-7-8-10-23(22)27(18(3)4)31(28)33-26/h7-18H,1-6H3/q+1. The maximum atomic E-state index is 2.42. The lowest BCUT2D eigenvalue weighted by Crippen LogP contribution is -2.32. The maximum absolute atomic E-state index is 2.42. The molecule has 2 heteroatoms. The number of nitrogens with zero attached hydrogens (tertiary/aromatic N) is 1. The average molecular weight is 449 g/mol. The Morgan fingerprint density at radius 2 is 1.55 bits per heavy atom. The van der Waals surface area contributed by atoms with Crippen molar-refractivity contribution >= 4 is 44.1 Å². The van der Waals surface area contributed by atoms with Crippen LogP contribution in [-0.4, -0.2) is 0 Å². The third-order valence-electron chi connectivity index (χ3n) is 7.38. The molecule has 0 saturated carbocycles. The van der Waals surface area contributed by atoms with Gasteiger partial charge in [-0.25, -0.2) is 4.57 Å². The Balaban J connectivity index is 1.82. The zero-order valence-electron chi connectivity index (χ0n) is 20.3. The van der Waals surface area contributed by atoms with Crippen LogP contribution in [-0.2, 0) is 7.05 Å². The van der Waals surface area contributed by atoms with Crippen LogP contribution in [0.15, 0.2) is 70.6 Å². The minimum absolute atomic E-state index is 0.455.